The van der Waals surface area contributed by atoms with Gasteiger partial charge in [-0.3, -0.25) is 4.79 Å². The van der Waals surface area contributed by atoms with Crippen molar-refractivity contribution < 1.29 is 13.6 Å². The van der Waals surface area contributed by atoms with E-state index in [1.807, 2.05) is 13.0 Å². The summed E-state index contributed by atoms with van der Waals surface area (Å²) >= 11 is 0. The summed E-state index contributed by atoms with van der Waals surface area (Å²) < 4.78 is 13.3. The Labute approximate surface area is 171 Å². The van der Waals surface area contributed by atoms with Crippen LogP contribution in [0, 0.1) is 5.92 Å². The van der Waals surface area contributed by atoms with Gasteiger partial charge in [0.2, 0.25) is 0 Å². The number of hydrogen-bond donors (Lipinski definition) is 0. The number of hydrogen-bond acceptors (Lipinski definition) is 3. The minimum absolute atomic E-state index is 0.0541. The van der Waals surface area contributed by atoms with Gasteiger partial charge < -0.3 is 8.85 Å². The van der Waals surface area contributed by atoms with Gasteiger partial charge in [-0.15, -0.1) is 0 Å². The zero-order chi connectivity index (χ0) is 21.8. The second kappa shape index (κ2) is 9.51. The maximum absolute atomic E-state index is 11.2. The van der Waals surface area contributed by atoms with Crippen LogP contribution in [0.25, 0.3) is 0 Å². The molecule has 0 heterocycles. The molecule has 160 valence electrons. The SMILES string of the molecule is C/C(C=O)=C\[C@H](O[Si](C)(C)C(C)(C)C)[C@@H](C)C[C@@H](C)O[Si](C)(C)C(C)(C)C. The zero-order valence-corrected chi connectivity index (χ0v) is 22.3. The minimum Gasteiger partial charge on any atom is -0.414 e. The van der Waals surface area contributed by atoms with Gasteiger partial charge in [0, 0.05) is 6.10 Å². The van der Waals surface area contributed by atoms with Crippen molar-refractivity contribution in [2.24, 2.45) is 5.92 Å². The van der Waals surface area contributed by atoms with Crippen LogP contribution in [0.15, 0.2) is 11.6 Å². The molecule has 0 aromatic carbocycles. The molecule has 27 heavy (non-hydrogen) atoms. The van der Waals surface area contributed by atoms with Crippen molar-refractivity contribution >= 4 is 22.9 Å². The van der Waals surface area contributed by atoms with Gasteiger partial charge in [0.05, 0.1) is 6.10 Å². The van der Waals surface area contributed by atoms with Crippen molar-refractivity contribution in [3.05, 3.63) is 11.6 Å². The van der Waals surface area contributed by atoms with Gasteiger partial charge in [-0.2, -0.15) is 0 Å². The molecule has 0 aliphatic carbocycles. The molecule has 0 aromatic rings. The van der Waals surface area contributed by atoms with E-state index in [4.69, 9.17) is 8.85 Å². The highest BCUT2D eigenvalue weighted by atomic mass is 28.4. The third-order valence-electron chi connectivity index (χ3n) is 6.42. The third-order valence-corrected chi connectivity index (χ3v) is 15.5. The average molecular weight is 415 g/mol. The highest BCUT2D eigenvalue weighted by molar-refractivity contribution is 6.74. The van der Waals surface area contributed by atoms with Gasteiger partial charge in [-0.05, 0) is 68.0 Å². The summed E-state index contributed by atoms with van der Waals surface area (Å²) in [5.41, 5.74) is 0.739. The Morgan fingerprint density at radius 2 is 1.30 bits per heavy atom. The Kier molecular flexibility index (Phi) is 9.42. The topological polar surface area (TPSA) is 35.5 Å². The van der Waals surface area contributed by atoms with Crippen LogP contribution in [0.2, 0.25) is 36.3 Å². The largest absolute Gasteiger partial charge is 0.414 e. The zero-order valence-electron chi connectivity index (χ0n) is 20.3. The molecular weight excluding hydrogens is 368 g/mol. The van der Waals surface area contributed by atoms with Gasteiger partial charge in [0.1, 0.15) is 6.29 Å². The van der Waals surface area contributed by atoms with Crippen LogP contribution in [-0.4, -0.2) is 35.1 Å². The van der Waals surface area contributed by atoms with Gasteiger partial charge in [-0.1, -0.05) is 54.5 Å². The van der Waals surface area contributed by atoms with E-state index < -0.39 is 16.6 Å². The Morgan fingerprint density at radius 1 is 0.889 bits per heavy atom. The molecule has 5 heteroatoms. The summed E-state index contributed by atoms with van der Waals surface area (Å²) in [5, 5.41) is 0.340. The summed E-state index contributed by atoms with van der Waals surface area (Å²) in [4.78, 5) is 11.2. The normalized spacial score (nSPS) is 18.2. The molecule has 0 aromatic heterocycles. The van der Waals surface area contributed by atoms with Gasteiger partial charge in [0.15, 0.2) is 16.6 Å². The number of aldehydes is 1. The summed E-state index contributed by atoms with van der Waals surface area (Å²) in [6, 6.07) is 0. The van der Waals surface area contributed by atoms with Crippen LogP contribution in [0.1, 0.15) is 68.7 Å². The Balaban J connectivity index is 5.38. The van der Waals surface area contributed by atoms with E-state index in [0.29, 0.717) is 0 Å². The third kappa shape index (κ3) is 8.34. The summed E-state index contributed by atoms with van der Waals surface area (Å²) in [5.74, 6) is 0.286. The van der Waals surface area contributed by atoms with Crippen LogP contribution in [-0.2, 0) is 13.6 Å². The maximum Gasteiger partial charge on any atom is 0.192 e. The molecule has 0 fully saturated rings. The van der Waals surface area contributed by atoms with Gasteiger partial charge >= 0.3 is 0 Å². The van der Waals surface area contributed by atoms with E-state index in [2.05, 4.69) is 81.6 Å². The smallest absolute Gasteiger partial charge is 0.192 e. The lowest BCUT2D eigenvalue weighted by atomic mass is 9.97. The van der Waals surface area contributed by atoms with E-state index in [1.54, 1.807) is 0 Å². The molecule has 0 spiro atoms. The van der Waals surface area contributed by atoms with E-state index in [-0.39, 0.29) is 28.2 Å². The van der Waals surface area contributed by atoms with E-state index in [9.17, 15) is 4.79 Å². The van der Waals surface area contributed by atoms with Crippen LogP contribution in [0.4, 0.5) is 0 Å². The molecule has 0 bridgehead atoms. The molecule has 0 amide bonds. The van der Waals surface area contributed by atoms with E-state index in [1.165, 1.54) is 0 Å². The molecule has 3 nitrogen and oxygen atoms in total. The second-order valence-corrected chi connectivity index (χ2v) is 20.8. The second-order valence-electron chi connectivity index (χ2n) is 11.3. The van der Waals surface area contributed by atoms with Crippen molar-refractivity contribution in [3.8, 4) is 0 Å². The highest BCUT2D eigenvalue weighted by Gasteiger charge is 2.41. The molecule has 3 atom stereocenters. The van der Waals surface area contributed by atoms with Crippen LogP contribution < -0.4 is 0 Å². The molecule has 0 saturated heterocycles. The monoisotopic (exact) mass is 414 g/mol. The Bertz CT molecular complexity index is 511. The minimum atomic E-state index is -1.93. The molecule has 0 saturated carbocycles. The van der Waals surface area contributed by atoms with E-state index in [0.717, 1.165) is 18.3 Å². The fourth-order valence-electron chi connectivity index (χ4n) is 2.52. The van der Waals surface area contributed by atoms with Crippen LogP contribution in [0.3, 0.4) is 0 Å². The van der Waals surface area contributed by atoms with E-state index >= 15 is 0 Å². The molecular formula is C22H46O3Si2. The van der Waals surface area contributed by atoms with Crippen molar-refractivity contribution in [3.63, 3.8) is 0 Å². The molecule has 0 aliphatic heterocycles. The standard InChI is InChI=1S/C22H46O3Si2/c1-17(16-23)14-20(25-27(12,13)22(7,8)9)18(2)15-19(3)24-26(10,11)21(4,5)6/h14,16,18-20H,15H2,1-13H3/b17-14+/t18-,19+,20-/m0/s1. The van der Waals surface area contributed by atoms with Crippen LogP contribution >= 0.6 is 0 Å². The molecule has 0 rings (SSSR count). The number of rotatable bonds is 9. The first kappa shape index (κ1) is 26.8. The lowest BCUT2D eigenvalue weighted by Gasteiger charge is -2.42. The first-order valence-electron chi connectivity index (χ1n) is 10.3. The summed E-state index contributed by atoms with van der Waals surface area (Å²) in [6.07, 6.45) is 3.98. The lowest BCUT2D eigenvalue weighted by Crippen LogP contribution is -2.46. The molecule has 0 aliphatic rings. The van der Waals surface area contributed by atoms with Crippen molar-refractivity contribution in [2.75, 3.05) is 0 Å². The first-order chi connectivity index (χ1) is 11.8. The van der Waals surface area contributed by atoms with Crippen molar-refractivity contribution in [1.29, 1.82) is 0 Å². The Morgan fingerprint density at radius 3 is 1.67 bits per heavy atom. The molecule has 0 N–H and O–H groups in total. The predicted molar refractivity (Wildman–Crippen MR) is 123 cm³/mol. The quantitative estimate of drug-likeness (QED) is 0.232. The number of allylic oxidation sites excluding steroid dienone is 1. The number of carbonyl (C=O) groups is 1. The summed E-state index contributed by atoms with van der Waals surface area (Å²) in [7, 11) is -3.72. The van der Waals surface area contributed by atoms with Gasteiger partial charge in [0.25, 0.3) is 0 Å². The first-order valence-corrected chi connectivity index (χ1v) is 16.1. The predicted octanol–water partition coefficient (Wildman–Crippen LogP) is 6.96. The lowest BCUT2D eigenvalue weighted by molar-refractivity contribution is -0.104. The van der Waals surface area contributed by atoms with Crippen molar-refractivity contribution in [2.45, 2.75) is 117 Å². The highest BCUT2D eigenvalue weighted by Crippen LogP contribution is 2.40. The summed E-state index contributed by atoms with van der Waals surface area (Å²) in [6.45, 7) is 29.0. The van der Waals surface area contributed by atoms with Gasteiger partial charge in [-0.25, -0.2) is 0 Å². The maximum atomic E-state index is 11.2. The average Bonchev–Trinajstić information content (AvgIpc) is 2.42. The number of carbonyl (C=O) groups excluding carboxylic acids is 1. The van der Waals surface area contributed by atoms with Crippen LogP contribution in [0.5, 0.6) is 0 Å². The Hall–Kier alpha value is -0.236. The van der Waals surface area contributed by atoms with Crippen molar-refractivity contribution in [1.82, 2.24) is 0 Å². The fourth-order valence-corrected chi connectivity index (χ4v) is 5.31. The molecule has 0 unspecified atom stereocenters. The molecule has 0 radical (unpaired) electrons. The fraction of sp³-hybridized carbons (Fsp3) is 0.864.